The number of anilines is 1. The molecule has 21 heavy (non-hydrogen) atoms. The van der Waals surface area contributed by atoms with Gasteiger partial charge in [0.25, 0.3) is 0 Å². The second-order valence-corrected chi connectivity index (χ2v) is 7.47. The van der Waals surface area contributed by atoms with Crippen LogP contribution in [0, 0.1) is 0 Å². The maximum Gasteiger partial charge on any atom is 0.196 e. The van der Waals surface area contributed by atoms with Crippen LogP contribution in [0.5, 0.6) is 0 Å². The van der Waals surface area contributed by atoms with E-state index < -0.39 is 9.84 Å². The number of hydrogen-bond acceptors (Lipinski definition) is 6. The standard InChI is InChI=1S/C14H13N3O3S/c18-21(19)6-5-9(7-21)17-14-13-12(15-8-16-14)10-3-1-2-4-11(10)20-13/h1-4,8-9H,5-7H2,(H,15,16,17)/t9-/m1/s1. The Hall–Kier alpha value is -2.15. The Bertz CT molecular complexity index is 933. The number of sulfone groups is 1. The van der Waals surface area contributed by atoms with Crippen LogP contribution in [-0.2, 0) is 9.84 Å². The molecule has 0 amide bonds. The fourth-order valence-electron chi connectivity index (χ4n) is 2.73. The predicted molar refractivity (Wildman–Crippen MR) is 80.0 cm³/mol. The first-order valence-corrected chi connectivity index (χ1v) is 8.54. The summed E-state index contributed by atoms with van der Waals surface area (Å²) in [5.41, 5.74) is 2.06. The van der Waals surface area contributed by atoms with Crippen molar-refractivity contribution in [2.45, 2.75) is 12.5 Å². The molecule has 4 rings (SSSR count). The van der Waals surface area contributed by atoms with Crippen LogP contribution in [0.4, 0.5) is 5.82 Å². The quantitative estimate of drug-likeness (QED) is 0.779. The first kappa shape index (κ1) is 12.6. The zero-order valence-electron chi connectivity index (χ0n) is 11.1. The smallest absolute Gasteiger partial charge is 0.196 e. The number of nitrogens with zero attached hydrogens (tertiary/aromatic N) is 2. The van der Waals surface area contributed by atoms with E-state index in [0.717, 1.165) is 16.5 Å². The number of nitrogens with one attached hydrogen (secondary N) is 1. The van der Waals surface area contributed by atoms with Gasteiger partial charge in [0.2, 0.25) is 0 Å². The minimum Gasteiger partial charge on any atom is -0.450 e. The average Bonchev–Trinajstić information content (AvgIpc) is 3.00. The highest BCUT2D eigenvalue weighted by Gasteiger charge is 2.28. The van der Waals surface area contributed by atoms with Crippen molar-refractivity contribution in [1.29, 1.82) is 0 Å². The van der Waals surface area contributed by atoms with Gasteiger partial charge >= 0.3 is 0 Å². The maximum absolute atomic E-state index is 11.5. The summed E-state index contributed by atoms with van der Waals surface area (Å²) in [4.78, 5) is 8.47. The summed E-state index contributed by atoms with van der Waals surface area (Å²) in [7, 11) is -2.93. The average molecular weight is 303 g/mol. The highest BCUT2D eigenvalue weighted by Crippen LogP contribution is 2.31. The highest BCUT2D eigenvalue weighted by atomic mass is 32.2. The molecule has 108 valence electrons. The molecule has 3 heterocycles. The van der Waals surface area contributed by atoms with Crippen LogP contribution in [0.1, 0.15) is 6.42 Å². The molecule has 0 radical (unpaired) electrons. The van der Waals surface area contributed by atoms with Crippen molar-refractivity contribution < 1.29 is 12.8 Å². The number of furan rings is 1. The Morgan fingerprint density at radius 1 is 1.24 bits per heavy atom. The van der Waals surface area contributed by atoms with Crippen molar-refractivity contribution in [3.05, 3.63) is 30.6 Å². The molecule has 0 bridgehead atoms. The molecule has 1 fully saturated rings. The Labute approximate surface area is 121 Å². The fraction of sp³-hybridized carbons (Fsp3) is 0.286. The molecule has 1 aliphatic rings. The molecule has 0 spiro atoms. The van der Waals surface area contributed by atoms with E-state index in [1.165, 1.54) is 6.33 Å². The summed E-state index contributed by atoms with van der Waals surface area (Å²) in [5, 5.41) is 4.10. The van der Waals surface area contributed by atoms with Crippen molar-refractivity contribution in [2.24, 2.45) is 0 Å². The first-order chi connectivity index (χ1) is 10.1. The molecule has 1 aromatic carbocycles. The Morgan fingerprint density at radius 3 is 2.90 bits per heavy atom. The third kappa shape index (κ3) is 2.13. The molecule has 1 atom stereocenters. The number of para-hydroxylation sites is 1. The number of rotatable bonds is 2. The van der Waals surface area contributed by atoms with Gasteiger partial charge in [-0.15, -0.1) is 0 Å². The van der Waals surface area contributed by atoms with Crippen molar-refractivity contribution in [3.63, 3.8) is 0 Å². The van der Waals surface area contributed by atoms with E-state index >= 15 is 0 Å². The molecule has 1 saturated heterocycles. The lowest BCUT2D eigenvalue weighted by molar-refractivity contribution is 0.602. The molecule has 3 aromatic rings. The molecule has 0 aliphatic carbocycles. The van der Waals surface area contributed by atoms with E-state index in [-0.39, 0.29) is 17.5 Å². The fourth-order valence-corrected chi connectivity index (χ4v) is 4.40. The number of fused-ring (bicyclic) bond motifs is 3. The van der Waals surface area contributed by atoms with Gasteiger partial charge in [-0.25, -0.2) is 18.4 Å². The summed E-state index contributed by atoms with van der Waals surface area (Å²) in [6.45, 7) is 0. The van der Waals surface area contributed by atoms with Crippen LogP contribution in [-0.4, -0.2) is 35.9 Å². The first-order valence-electron chi connectivity index (χ1n) is 6.72. The second kappa shape index (κ2) is 4.42. The molecule has 2 aromatic heterocycles. The van der Waals surface area contributed by atoms with Gasteiger partial charge in [0.05, 0.1) is 11.5 Å². The highest BCUT2D eigenvalue weighted by molar-refractivity contribution is 7.91. The molecule has 0 saturated carbocycles. The lowest BCUT2D eigenvalue weighted by Gasteiger charge is -2.10. The van der Waals surface area contributed by atoms with Crippen molar-refractivity contribution >= 4 is 37.7 Å². The largest absolute Gasteiger partial charge is 0.450 e. The summed E-state index contributed by atoms with van der Waals surface area (Å²) in [6, 6.07) is 7.52. The monoisotopic (exact) mass is 303 g/mol. The Kier molecular flexibility index (Phi) is 2.65. The third-order valence-electron chi connectivity index (χ3n) is 3.73. The van der Waals surface area contributed by atoms with Gasteiger partial charge in [-0.1, -0.05) is 12.1 Å². The van der Waals surface area contributed by atoms with Gasteiger partial charge in [-0.3, -0.25) is 0 Å². The van der Waals surface area contributed by atoms with E-state index in [9.17, 15) is 8.42 Å². The van der Waals surface area contributed by atoms with Gasteiger partial charge in [-0.05, 0) is 18.6 Å². The summed E-state index contributed by atoms with van der Waals surface area (Å²) < 4.78 is 28.9. The van der Waals surface area contributed by atoms with E-state index in [0.29, 0.717) is 17.8 Å². The van der Waals surface area contributed by atoms with Crippen LogP contribution in [0.2, 0.25) is 0 Å². The van der Waals surface area contributed by atoms with Crippen LogP contribution in [0.15, 0.2) is 35.0 Å². The molecule has 1 aliphatic heterocycles. The van der Waals surface area contributed by atoms with Crippen LogP contribution in [0.25, 0.3) is 22.1 Å². The third-order valence-corrected chi connectivity index (χ3v) is 5.50. The molecular weight excluding hydrogens is 290 g/mol. The summed E-state index contributed by atoms with van der Waals surface area (Å²) in [6.07, 6.45) is 2.06. The van der Waals surface area contributed by atoms with E-state index in [1.807, 2.05) is 24.3 Å². The van der Waals surface area contributed by atoms with Gasteiger partial charge in [0, 0.05) is 11.4 Å². The maximum atomic E-state index is 11.5. The molecule has 7 heteroatoms. The zero-order valence-corrected chi connectivity index (χ0v) is 11.9. The van der Waals surface area contributed by atoms with Gasteiger partial charge in [0.15, 0.2) is 21.2 Å². The van der Waals surface area contributed by atoms with Gasteiger partial charge in [0.1, 0.15) is 17.4 Å². The zero-order chi connectivity index (χ0) is 14.4. The Morgan fingerprint density at radius 2 is 2.10 bits per heavy atom. The van der Waals surface area contributed by atoms with Crippen molar-refractivity contribution in [2.75, 3.05) is 16.8 Å². The Balaban J connectivity index is 1.79. The molecule has 1 N–H and O–H groups in total. The van der Waals surface area contributed by atoms with Crippen LogP contribution in [0.3, 0.4) is 0 Å². The number of aromatic nitrogens is 2. The van der Waals surface area contributed by atoms with Crippen LogP contribution >= 0.6 is 0 Å². The number of benzene rings is 1. The molecular formula is C14H13N3O3S. The van der Waals surface area contributed by atoms with E-state index in [4.69, 9.17) is 4.42 Å². The van der Waals surface area contributed by atoms with Gasteiger partial charge in [-0.2, -0.15) is 0 Å². The summed E-state index contributed by atoms with van der Waals surface area (Å²) in [5.74, 6) is 0.913. The van der Waals surface area contributed by atoms with Crippen molar-refractivity contribution in [1.82, 2.24) is 9.97 Å². The topological polar surface area (TPSA) is 85.1 Å². The minimum atomic E-state index is -2.93. The van der Waals surface area contributed by atoms with E-state index in [2.05, 4.69) is 15.3 Å². The van der Waals surface area contributed by atoms with Crippen molar-refractivity contribution in [3.8, 4) is 0 Å². The lowest BCUT2D eigenvalue weighted by atomic mass is 10.2. The summed E-state index contributed by atoms with van der Waals surface area (Å²) >= 11 is 0. The molecule has 0 unspecified atom stereocenters. The minimum absolute atomic E-state index is 0.124. The van der Waals surface area contributed by atoms with E-state index in [1.54, 1.807) is 0 Å². The second-order valence-electron chi connectivity index (χ2n) is 5.24. The lowest BCUT2D eigenvalue weighted by Crippen LogP contribution is -2.21. The van der Waals surface area contributed by atoms with Gasteiger partial charge < -0.3 is 9.73 Å². The number of hydrogen-bond donors (Lipinski definition) is 1. The normalized spacial score (nSPS) is 21.0. The SMILES string of the molecule is O=S1(=O)CC[C@@H](Nc2ncnc3c2oc2ccccc23)C1. The molecule has 6 nitrogen and oxygen atoms in total. The predicted octanol–water partition coefficient (Wildman–Crippen LogP) is 1.97. The van der Waals surface area contributed by atoms with Crippen LogP contribution < -0.4 is 5.32 Å².